The fourth-order valence-electron chi connectivity index (χ4n) is 2.88. The molecule has 128 valence electrons. The van der Waals surface area contributed by atoms with E-state index in [0.717, 1.165) is 36.9 Å². The van der Waals surface area contributed by atoms with Gasteiger partial charge in [0.05, 0.1) is 6.04 Å². The summed E-state index contributed by atoms with van der Waals surface area (Å²) < 4.78 is 0. The minimum atomic E-state index is -0.103. The van der Waals surface area contributed by atoms with Crippen LogP contribution in [0.2, 0.25) is 0 Å². The Kier molecular flexibility index (Phi) is 5.48. The molecule has 1 N–H and O–H groups in total. The molecule has 1 aliphatic rings. The summed E-state index contributed by atoms with van der Waals surface area (Å²) in [7, 11) is 0. The predicted octanol–water partition coefficient (Wildman–Crippen LogP) is 2.28. The third kappa shape index (κ3) is 4.13. The molecule has 0 aliphatic carbocycles. The van der Waals surface area contributed by atoms with Crippen LogP contribution in [0, 0.1) is 6.92 Å². The maximum Gasteiger partial charge on any atom is 0.237 e. The van der Waals surface area contributed by atoms with E-state index in [9.17, 15) is 4.79 Å². The molecule has 0 saturated carbocycles. The summed E-state index contributed by atoms with van der Waals surface area (Å²) in [4.78, 5) is 21.3. The summed E-state index contributed by atoms with van der Waals surface area (Å²) in [5.74, 6) is 0.0956. The van der Waals surface area contributed by atoms with Crippen LogP contribution >= 0.6 is 11.3 Å². The number of aromatic nitrogens is 1. The van der Waals surface area contributed by atoms with E-state index in [1.54, 1.807) is 11.3 Å². The fourth-order valence-corrected chi connectivity index (χ4v) is 3.58. The van der Waals surface area contributed by atoms with Crippen LogP contribution in [-0.2, 0) is 11.3 Å². The van der Waals surface area contributed by atoms with Gasteiger partial charge >= 0.3 is 0 Å². The van der Waals surface area contributed by atoms with Gasteiger partial charge in [-0.1, -0.05) is 29.8 Å². The lowest BCUT2D eigenvalue weighted by Crippen LogP contribution is -2.53. The summed E-state index contributed by atoms with van der Waals surface area (Å²) in [6, 6.07) is 8.17. The first kappa shape index (κ1) is 16.9. The Labute approximate surface area is 147 Å². The summed E-state index contributed by atoms with van der Waals surface area (Å²) in [6.45, 7) is 8.26. The summed E-state index contributed by atoms with van der Waals surface area (Å²) >= 11 is 1.67. The number of carbonyl (C=O) groups is 1. The minimum absolute atomic E-state index is 0.0956. The number of nitrogens with zero attached hydrogens (tertiary/aromatic N) is 3. The van der Waals surface area contributed by atoms with Crippen LogP contribution in [0.4, 0.5) is 5.13 Å². The number of anilines is 1. The van der Waals surface area contributed by atoms with Gasteiger partial charge < -0.3 is 10.2 Å². The SMILES string of the molecule is Cc1ccc(CNC(=O)[C@H](C)N2CCN(c3nccs3)CC2)cc1. The van der Waals surface area contributed by atoms with Crippen molar-refractivity contribution < 1.29 is 4.79 Å². The summed E-state index contributed by atoms with van der Waals surface area (Å²) in [5, 5.41) is 6.13. The van der Waals surface area contributed by atoms with Gasteiger partial charge in [0, 0.05) is 44.3 Å². The number of nitrogens with one attached hydrogen (secondary N) is 1. The monoisotopic (exact) mass is 344 g/mol. The van der Waals surface area contributed by atoms with E-state index in [0.29, 0.717) is 6.54 Å². The molecule has 1 amide bonds. The standard InChI is InChI=1S/C18H24N4OS/c1-14-3-5-16(6-4-14)13-20-17(23)15(2)21-8-10-22(11-9-21)18-19-7-12-24-18/h3-7,12,15H,8-11,13H2,1-2H3,(H,20,23)/t15-/m0/s1. The Balaban J connectivity index is 1.46. The first-order valence-corrected chi connectivity index (χ1v) is 9.23. The molecular weight excluding hydrogens is 320 g/mol. The molecule has 1 saturated heterocycles. The molecule has 0 unspecified atom stereocenters. The van der Waals surface area contributed by atoms with E-state index in [4.69, 9.17) is 0 Å². The lowest BCUT2D eigenvalue weighted by molar-refractivity contribution is -0.126. The van der Waals surface area contributed by atoms with Crippen molar-refractivity contribution in [3.63, 3.8) is 0 Å². The van der Waals surface area contributed by atoms with Gasteiger partial charge in [-0.15, -0.1) is 11.3 Å². The Morgan fingerprint density at radius 2 is 1.96 bits per heavy atom. The van der Waals surface area contributed by atoms with Crippen molar-refractivity contribution in [3.8, 4) is 0 Å². The van der Waals surface area contributed by atoms with Crippen LogP contribution in [0.3, 0.4) is 0 Å². The second-order valence-electron chi connectivity index (χ2n) is 6.22. The number of hydrogen-bond donors (Lipinski definition) is 1. The maximum absolute atomic E-state index is 12.4. The van der Waals surface area contributed by atoms with Gasteiger partial charge in [0.15, 0.2) is 5.13 Å². The third-order valence-corrected chi connectivity index (χ3v) is 5.35. The number of amides is 1. The second-order valence-corrected chi connectivity index (χ2v) is 7.09. The molecule has 24 heavy (non-hydrogen) atoms. The Hall–Kier alpha value is -1.92. The van der Waals surface area contributed by atoms with E-state index in [2.05, 4.69) is 51.3 Å². The molecule has 0 radical (unpaired) electrons. The van der Waals surface area contributed by atoms with Gasteiger partial charge in [-0.2, -0.15) is 0 Å². The predicted molar refractivity (Wildman–Crippen MR) is 98.4 cm³/mol. The average molecular weight is 344 g/mol. The molecule has 2 aromatic rings. The number of thiazole rings is 1. The Morgan fingerprint density at radius 1 is 1.25 bits per heavy atom. The first-order chi connectivity index (χ1) is 11.6. The number of carbonyl (C=O) groups excluding carboxylic acids is 1. The van der Waals surface area contributed by atoms with Gasteiger partial charge in [-0.3, -0.25) is 9.69 Å². The van der Waals surface area contributed by atoms with E-state index >= 15 is 0 Å². The van der Waals surface area contributed by atoms with Crippen molar-refractivity contribution in [2.24, 2.45) is 0 Å². The molecule has 3 rings (SSSR count). The largest absolute Gasteiger partial charge is 0.351 e. The zero-order valence-electron chi connectivity index (χ0n) is 14.2. The first-order valence-electron chi connectivity index (χ1n) is 8.35. The Morgan fingerprint density at radius 3 is 2.58 bits per heavy atom. The molecule has 0 bridgehead atoms. The van der Waals surface area contributed by atoms with Crippen LogP contribution in [0.1, 0.15) is 18.1 Å². The molecule has 1 aromatic heterocycles. The van der Waals surface area contributed by atoms with Crippen molar-refractivity contribution in [2.75, 3.05) is 31.1 Å². The molecule has 5 nitrogen and oxygen atoms in total. The number of benzene rings is 1. The lowest BCUT2D eigenvalue weighted by Gasteiger charge is -2.37. The van der Waals surface area contributed by atoms with Gasteiger partial charge in [0.1, 0.15) is 0 Å². The molecule has 1 atom stereocenters. The highest BCUT2D eigenvalue weighted by Gasteiger charge is 2.26. The Bertz CT molecular complexity index is 648. The average Bonchev–Trinajstić information content (AvgIpc) is 3.15. The molecule has 1 fully saturated rings. The highest BCUT2D eigenvalue weighted by molar-refractivity contribution is 7.13. The maximum atomic E-state index is 12.4. The normalized spacial score (nSPS) is 16.8. The molecule has 6 heteroatoms. The second kappa shape index (κ2) is 7.77. The van der Waals surface area contributed by atoms with Crippen LogP contribution in [-0.4, -0.2) is 48.0 Å². The number of rotatable bonds is 5. The van der Waals surface area contributed by atoms with Crippen molar-refractivity contribution in [1.82, 2.24) is 15.2 Å². The van der Waals surface area contributed by atoms with Gasteiger partial charge in [0.2, 0.25) is 5.91 Å². The summed E-state index contributed by atoms with van der Waals surface area (Å²) in [6.07, 6.45) is 1.84. The topological polar surface area (TPSA) is 48.5 Å². The number of hydrogen-bond acceptors (Lipinski definition) is 5. The highest BCUT2D eigenvalue weighted by Crippen LogP contribution is 2.19. The fraction of sp³-hybridized carbons (Fsp3) is 0.444. The highest BCUT2D eigenvalue weighted by atomic mass is 32.1. The number of aryl methyl sites for hydroxylation is 1. The minimum Gasteiger partial charge on any atom is -0.351 e. The summed E-state index contributed by atoms with van der Waals surface area (Å²) in [5.41, 5.74) is 2.37. The van der Waals surface area contributed by atoms with Crippen molar-refractivity contribution >= 4 is 22.4 Å². The zero-order chi connectivity index (χ0) is 16.9. The zero-order valence-corrected chi connectivity index (χ0v) is 15.1. The van der Waals surface area contributed by atoms with Crippen LogP contribution in [0.25, 0.3) is 0 Å². The molecular formula is C18H24N4OS. The van der Waals surface area contributed by atoms with E-state index < -0.39 is 0 Å². The quantitative estimate of drug-likeness (QED) is 0.904. The molecule has 1 aromatic carbocycles. The third-order valence-electron chi connectivity index (χ3n) is 4.52. The van der Waals surface area contributed by atoms with Crippen LogP contribution in [0.15, 0.2) is 35.8 Å². The molecule has 1 aliphatic heterocycles. The van der Waals surface area contributed by atoms with Gasteiger partial charge in [-0.25, -0.2) is 4.98 Å². The van der Waals surface area contributed by atoms with Crippen molar-refractivity contribution in [3.05, 3.63) is 47.0 Å². The van der Waals surface area contributed by atoms with E-state index in [-0.39, 0.29) is 11.9 Å². The lowest BCUT2D eigenvalue weighted by atomic mass is 10.1. The van der Waals surface area contributed by atoms with Crippen molar-refractivity contribution in [2.45, 2.75) is 26.4 Å². The van der Waals surface area contributed by atoms with Crippen molar-refractivity contribution in [1.29, 1.82) is 0 Å². The van der Waals surface area contributed by atoms with E-state index in [1.165, 1.54) is 5.56 Å². The van der Waals surface area contributed by atoms with Gasteiger partial charge in [0.25, 0.3) is 0 Å². The molecule has 0 spiro atoms. The van der Waals surface area contributed by atoms with E-state index in [1.807, 2.05) is 18.5 Å². The van der Waals surface area contributed by atoms with Crippen LogP contribution < -0.4 is 10.2 Å². The number of piperazine rings is 1. The van der Waals surface area contributed by atoms with Crippen LogP contribution in [0.5, 0.6) is 0 Å². The molecule has 2 heterocycles. The smallest absolute Gasteiger partial charge is 0.237 e. The van der Waals surface area contributed by atoms with Gasteiger partial charge in [-0.05, 0) is 19.4 Å².